The van der Waals surface area contributed by atoms with Gasteiger partial charge in [0.05, 0.1) is 17.3 Å². The number of hydrogen-bond donors (Lipinski definition) is 2. The minimum absolute atomic E-state index is 0.142. The van der Waals surface area contributed by atoms with Crippen LogP contribution in [0.4, 0.5) is 5.82 Å². The Morgan fingerprint density at radius 3 is 3.00 bits per heavy atom. The molecule has 0 bridgehead atoms. The van der Waals surface area contributed by atoms with Crippen LogP contribution in [-0.4, -0.2) is 40.6 Å². The maximum atomic E-state index is 11.1. The molecular formula is C22H27N5O2. The fourth-order valence-corrected chi connectivity index (χ4v) is 4.03. The lowest BCUT2D eigenvalue weighted by Crippen LogP contribution is -2.36. The molecule has 29 heavy (non-hydrogen) atoms. The Bertz CT molecular complexity index is 972. The van der Waals surface area contributed by atoms with Gasteiger partial charge in [-0.1, -0.05) is 35.5 Å². The van der Waals surface area contributed by atoms with E-state index in [1.54, 1.807) is 6.20 Å². The lowest BCUT2D eigenvalue weighted by molar-refractivity contribution is -0.118. The summed E-state index contributed by atoms with van der Waals surface area (Å²) in [4.78, 5) is 17.9. The van der Waals surface area contributed by atoms with Crippen LogP contribution in [-0.2, 0) is 4.79 Å². The molecule has 0 saturated carbocycles. The number of carbonyl (C=O) groups excluding carboxylic acids is 1. The van der Waals surface area contributed by atoms with Gasteiger partial charge in [-0.15, -0.1) is 0 Å². The molecule has 1 aromatic carbocycles. The number of amides is 1. The molecule has 7 heteroatoms. The molecular weight excluding hydrogens is 366 g/mol. The van der Waals surface area contributed by atoms with Gasteiger partial charge in [-0.2, -0.15) is 0 Å². The van der Waals surface area contributed by atoms with E-state index in [1.165, 1.54) is 5.56 Å². The van der Waals surface area contributed by atoms with Crippen molar-refractivity contribution in [1.29, 1.82) is 0 Å². The van der Waals surface area contributed by atoms with E-state index < -0.39 is 0 Å². The van der Waals surface area contributed by atoms with Crippen molar-refractivity contribution in [3.05, 3.63) is 53.9 Å². The highest BCUT2D eigenvalue weighted by molar-refractivity contribution is 5.82. The molecule has 4 rings (SSSR count). The van der Waals surface area contributed by atoms with Crippen LogP contribution in [0.2, 0.25) is 0 Å². The molecule has 152 valence electrons. The van der Waals surface area contributed by atoms with Gasteiger partial charge in [0.15, 0.2) is 5.58 Å². The number of nitrogens with two attached hydrogens (primary N) is 1. The lowest BCUT2D eigenvalue weighted by atomic mass is 9.93. The molecule has 7 nitrogen and oxygen atoms in total. The third kappa shape index (κ3) is 4.56. The first-order valence-electron chi connectivity index (χ1n) is 10.2. The average molecular weight is 393 g/mol. The van der Waals surface area contributed by atoms with Crippen LogP contribution in [0.1, 0.15) is 49.4 Å². The maximum absolute atomic E-state index is 11.1. The zero-order valence-electron chi connectivity index (χ0n) is 16.7. The van der Waals surface area contributed by atoms with Crippen LogP contribution in [0.25, 0.3) is 11.0 Å². The third-order valence-electron chi connectivity index (χ3n) is 5.62. The van der Waals surface area contributed by atoms with Gasteiger partial charge in [0, 0.05) is 31.5 Å². The van der Waals surface area contributed by atoms with Crippen molar-refractivity contribution in [2.75, 3.05) is 25.0 Å². The highest BCUT2D eigenvalue weighted by Crippen LogP contribution is 2.32. The number of aromatic nitrogens is 2. The molecule has 3 heterocycles. The van der Waals surface area contributed by atoms with E-state index in [1.807, 2.05) is 24.3 Å². The summed E-state index contributed by atoms with van der Waals surface area (Å²) in [6.45, 7) is 4.67. The summed E-state index contributed by atoms with van der Waals surface area (Å²) in [7, 11) is 0. The molecule has 1 unspecified atom stereocenters. The van der Waals surface area contributed by atoms with Crippen molar-refractivity contribution in [3.8, 4) is 0 Å². The summed E-state index contributed by atoms with van der Waals surface area (Å²) < 4.78 is 5.55. The molecule has 0 radical (unpaired) electrons. The number of primary amides is 1. The quantitative estimate of drug-likeness (QED) is 0.638. The molecule has 1 aliphatic heterocycles. The Morgan fingerprint density at radius 1 is 1.38 bits per heavy atom. The second kappa shape index (κ2) is 8.61. The minimum Gasteiger partial charge on any atom is -0.370 e. The predicted octanol–water partition coefficient (Wildman–Crippen LogP) is 3.45. The number of nitrogens with zero attached hydrogens (tertiary/aromatic N) is 3. The fraction of sp³-hybridized carbons (Fsp3) is 0.409. The largest absolute Gasteiger partial charge is 0.370 e. The van der Waals surface area contributed by atoms with Crippen molar-refractivity contribution >= 4 is 22.7 Å². The van der Waals surface area contributed by atoms with Gasteiger partial charge < -0.3 is 20.5 Å². The van der Waals surface area contributed by atoms with Crippen LogP contribution in [0.3, 0.4) is 0 Å². The number of hydrogen-bond acceptors (Lipinski definition) is 6. The number of carbonyl (C=O) groups is 1. The third-order valence-corrected chi connectivity index (χ3v) is 5.62. The molecule has 1 fully saturated rings. The topological polar surface area (TPSA) is 97.3 Å². The summed E-state index contributed by atoms with van der Waals surface area (Å²) in [5.74, 6) is 0.827. The highest BCUT2D eigenvalue weighted by Gasteiger charge is 2.26. The number of rotatable bonds is 7. The molecule has 2 aromatic heterocycles. The molecule has 3 aromatic rings. The van der Waals surface area contributed by atoms with Gasteiger partial charge >= 0.3 is 0 Å². The van der Waals surface area contributed by atoms with Gasteiger partial charge in [0.1, 0.15) is 5.82 Å². The maximum Gasteiger partial charge on any atom is 0.218 e. The predicted molar refractivity (Wildman–Crippen MR) is 113 cm³/mol. The van der Waals surface area contributed by atoms with Gasteiger partial charge in [0.25, 0.3) is 0 Å². The summed E-state index contributed by atoms with van der Waals surface area (Å²) in [6.07, 6.45) is 4.25. The number of fused-ring (bicyclic) bond motifs is 1. The number of pyridine rings is 1. The zero-order chi connectivity index (χ0) is 20.2. The molecule has 0 spiro atoms. The average Bonchev–Trinajstić information content (AvgIpc) is 3.16. The van der Waals surface area contributed by atoms with E-state index in [2.05, 4.69) is 39.4 Å². The Labute approximate surface area is 170 Å². The number of anilines is 1. The van der Waals surface area contributed by atoms with Gasteiger partial charge in [-0.05, 0) is 37.9 Å². The van der Waals surface area contributed by atoms with Gasteiger partial charge in [-0.3, -0.25) is 4.79 Å². The van der Waals surface area contributed by atoms with E-state index in [4.69, 9.17) is 10.3 Å². The van der Waals surface area contributed by atoms with E-state index in [0.717, 1.165) is 42.8 Å². The summed E-state index contributed by atoms with van der Waals surface area (Å²) in [5.41, 5.74) is 8.19. The summed E-state index contributed by atoms with van der Waals surface area (Å²) in [6, 6.07) is 12.5. The van der Waals surface area contributed by atoms with Crippen molar-refractivity contribution in [1.82, 2.24) is 15.0 Å². The van der Waals surface area contributed by atoms with E-state index >= 15 is 0 Å². The van der Waals surface area contributed by atoms with Crippen LogP contribution < -0.4 is 11.1 Å². The fourth-order valence-electron chi connectivity index (χ4n) is 4.03. The molecule has 1 amide bonds. The first-order chi connectivity index (χ1) is 14.1. The summed E-state index contributed by atoms with van der Waals surface area (Å²) in [5, 5.41) is 8.84. The van der Waals surface area contributed by atoms with Crippen LogP contribution in [0, 0.1) is 0 Å². The van der Waals surface area contributed by atoms with Crippen LogP contribution in [0.15, 0.2) is 47.1 Å². The first-order valence-corrected chi connectivity index (χ1v) is 10.2. The van der Waals surface area contributed by atoms with Crippen molar-refractivity contribution in [3.63, 3.8) is 0 Å². The highest BCUT2D eigenvalue weighted by atomic mass is 16.5. The van der Waals surface area contributed by atoms with Crippen molar-refractivity contribution < 1.29 is 9.32 Å². The second-order valence-corrected chi connectivity index (χ2v) is 7.77. The van der Waals surface area contributed by atoms with Gasteiger partial charge in [-0.25, -0.2) is 4.98 Å². The number of nitrogens with one attached hydrogen (secondary N) is 1. The first kappa shape index (κ1) is 19.4. The molecule has 1 aliphatic rings. The molecule has 2 atom stereocenters. The normalized spacial score (nSPS) is 18.6. The standard InChI is InChI=1S/C22H27N5O2/c1-15(16-6-3-2-4-7-16)25-21-12-18-19(13-24-21)29-26-22(18)17-8-5-10-27(14-17)11-9-20(23)28/h2-4,6-7,12-13,15,17H,5,8-11,14H2,1H3,(H2,23,28)(H,24,25)/t15-,17?/m0/s1. The zero-order valence-corrected chi connectivity index (χ0v) is 16.7. The van der Waals surface area contributed by atoms with Crippen LogP contribution in [0.5, 0.6) is 0 Å². The second-order valence-electron chi connectivity index (χ2n) is 7.77. The summed E-state index contributed by atoms with van der Waals surface area (Å²) >= 11 is 0. The molecule has 3 N–H and O–H groups in total. The smallest absolute Gasteiger partial charge is 0.218 e. The number of benzene rings is 1. The van der Waals surface area contributed by atoms with Crippen molar-refractivity contribution in [2.24, 2.45) is 5.73 Å². The number of piperidine rings is 1. The van der Waals surface area contributed by atoms with E-state index in [0.29, 0.717) is 18.5 Å². The Balaban J connectivity index is 1.52. The monoisotopic (exact) mass is 393 g/mol. The molecule has 0 aliphatic carbocycles. The number of likely N-dealkylation sites (tertiary alicyclic amines) is 1. The van der Waals surface area contributed by atoms with Gasteiger partial charge in [0.2, 0.25) is 5.91 Å². The lowest BCUT2D eigenvalue weighted by Gasteiger charge is -2.31. The molecule has 1 saturated heterocycles. The van der Waals surface area contributed by atoms with E-state index in [-0.39, 0.29) is 17.9 Å². The Morgan fingerprint density at radius 2 is 2.21 bits per heavy atom. The Hall–Kier alpha value is -2.93. The van der Waals surface area contributed by atoms with E-state index in [9.17, 15) is 4.79 Å². The SMILES string of the molecule is C[C@H](Nc1cc2c(C3CCCN(CCC(N)=O)C3)noc2cn1)c1ccccc1. The van der Waals surface area contributed by atoms with Crippen molar-refractivity contribution in [2.45, 2.75) is 38.1 Å². The van der Waals surface area contributed by atoms with Crippen LogP contribution >= 0.6 is 0 Å². The Kier molecular flexibility index (Phi) is 5.76. The minimum atomic E-state index is -0.256.